The van der Waals surface area contributed by atoms with Gasteiger partial charge in [-0.2, -0.15) is 0 Å². The van der Waals surface area contributed by atoms with E-state index in [2.05, 4.69) is 26.1 Å². The molecule has 2 saturated carbocycles. The minimum Gasteiger partial charge on any atom is -0.380 e. The van der Waals surface area contributed by atoms with Crippen molar-refractivity contribution in [1.29, 1.82) is 0 Å². The predicted molar refractivity (Wildman–Crippen MR) is 76.7 cm³/mol. The third-order valence-corrected chi connectivity index (χ3v) is 4.68. The fourth-order valence-electron chi connectivity index (χ4n) is 3.03. The smallest absolute Gasteiger partial charge is 0.0591 e. The molecule has 0 aromatic heterocycles. The molecule has 0 aliphatic heterocycles. The topological polar surface area (TPSA) is 21.3 Å². The summed E-state index contributed by atoms with van der Waals surface area (Å²) in [5.74, 6) is 1.81. The highest BCUT2D eigenvalue weighted by Gasteiger charge is 2.29. The van der Waals surface area contributed by atoms with E-state index in [-0.39, 0.29) is 0 Å². The largest absolute Gasteiger partial charge is 0.380 e. The summed E-state index contributed by atoms with van der Waals surface area (Å²) in [6.07, 6.45) is 8.28. The predicted octanol–water partition coefficient (Wildman–Crippen LogP) is 3.61. The molecular formula is C16H31NO. The summed E-state index contributed by atoms with van der Waals surface area (Å²) < 4.78 is 5.66. The first-order valence-corrected chi connectivity index (χ1v) is 7.87. The molecule has 0 aromatic rings. The third-order valence-electron chi connectivity index (χ3n) is 4.68. The van der Waals surface area contributed by atoms with Gasteiger partial charge in [0.2, 0.25) is 0 Å². The van der Waals surface area contributed by atoms with Crippen molar-refractivity contribution in [3.8, 4) is 0 Å². The van der Waals surface area contributed by atoms with Crippen LogP contribution in [-0.4, -0.2) is 25.8 Å². The SMILES string of the molecule is CC(C)(C)C1CCC(NCCOCC2CC2)CC1. The Balaban J connectivity index is 1.50. The van der Waals surface area contributed by atoms with Gasteiger partial charge in [0, 0.05) is 19.2 Å². The average Bonchev–Trinajstić information content (AvgIpc) is 3.12. The standard InChI is InChI=1S/C16H31NO/c1-16(2,3)14-6-8-15(9-7-14)17-10-11-18-12-13-4-5-13/h13-15,17H,4-12H2,1-3H3. The highest BCUT2D eigenvalue weighted by Crippen LogP contribution is 2.37. The normalized spacial score (nSPS) is 29.5. The zero-order valence-electron chi connectivity index (χ0n) is 12.5. The molecule has 0 spiro atoms. The molecule has 2 aliphatic carbocycles. The minimum atomic E-state index is 0.498. The molecule has 2 heteroatoms. The van der Waals surface area contributed by atoms with Crippen molar-refractivity contribution in [3.05, 3.63) is 0 Å². The molecule has 106 valence electrons. The summed E-state index contributed by atoms with van der Waals surface area (Å²) in [5, 5.41) is 3.66. The first-order chi connectivity index (χ1) is 8.55. The van der Waals surface area contributed by atoms with Crippen molar-refractivity contribution < 1.29 is 4.74 Å². The van der Waals surface area contributed by atoms with Crippen LogP contribution < -0.4 is 5.32 Å². The van der Waals surface area contributed by atoms with Crippen LogP contribution in [0.5, 0.6) is 0 Å². The van der Waals surface area contributed by atoms with Gasteiger partial charge in [-0.1, -0.05) is 20.8 Å². The maximum Gasteiger partial charge on any atom is 0.0591 e. The zero-order chi connectivity index (χ0) is 13.0. The van der Waals surface area contributed by atoms with Crippen molar-refractivity contribution in [2.45, 2.75) is 65.3 Å². The lowest BCUT2D eigenvalue weighted by Crippen LogP contribution is -2.37. The van der Waals surface area contributed by atoms with Gasteiger partial charge in [-0.15, -0.1) is 0 Å². The number of ether oxygens (including phenoxy) is 1. The van der Waals surface area contributed by atoms with Crippen LogP contribution in [0.25, 0.3) is 0 Å². The van der Waals surface area contributed by atoms with Gasteiger partial charge in [-0.3, -0.25) is 0 Å². The molecule has 2 nitrogen and oxygen atoms in total. The van der Waals surface area contributed by atoms with E-state index in [1.807, 2.05) is 0 Å². The van der Waals surface area contributed by atoms with Crippen molar-refractivity contribution in [3.63, 3.8) is 0 Å². The maximum absolute atomic E-state index is 5.66. The van der Waals surface area contributed by atoms with E-state index in [1.54, 1.807) is 0 Å². The lowest BCUT2D eigenvalue weighted by molar-refractivity contribution is 0.117. The molecule has 18 heavy (non-hydrogen) atoms. The Kier molecular flexibility index (Phi) is 5.08. The Morgan fingerprint density at radius 3 is 2.22 bits per heavy atom. The second-order valence-electron chi connectivity index (χ2n) is 7.39. The molecule has 1 N–H and O–H groups in total. The molecule has 0 heterocycles. The van der Waals surface area contributed by atoms with Crippen molar-refractivity contribution in [2.24, 2.45) is 17.3 Å². The summed E-state index contributed by atoms with van der Waals surface area (Å²) in [4.78, 5) is 0. The van der Waals surface area contributed by atoms with E-state index >= 15 is 0 Å². The molecule has 2 rings (SSSR count). The van der Waals surface area contributed by atoms with E-state index in [9.17, 15) is 0 Å². The Bertz CT molecular complexity index is 234. The molecule has 0 bridgehead atoms. The van der Waals surface area contributed by atoms with E-state index in [1.165, 1.54) is 38.5 Å². The summed E-state index contributed by atoms with van der Waals surface area (Å²) >= 11 is 0. The molecule has 2 fully saturated rings. The second kappa shape index (κ2) is 6.38. The van der Waals surface area contributed by atoms with Crippen LogP contribution in [0.3, 0.4) is 0 Å². The van der Waals surface area contributed by atoms with Crippen LogP contribution in [0.1, 0.15) is 59.3 Å². The molecule has 0 radical (unpaired) electrons. The van der Waals surface area contributed by atoms with E-state index in [0.717, 1.165) is 37.6 Å². The first kappa shape index (κ1) is 14.3. The van der Waals surface area contributed by atoms with Gasteiger partial charge in [0.15, 0.2) is 0 Å². The summed E-state index contributed by atoms with van der Waals surface area (Å²) in [5.41, 5.74) is 0.498. The van der Waals surface area contributed by atoms with Crippen LogP contribution in [0.2, 0.25) is 0 Å². The quantitative estimate of drug-likeness (QED) is 0.730. The van der Waals surface area contributed by atoms with Gasteiger partial charge in [0.1, 0.15) is 0 Å². The van der Waals surface area contributed by atoms with Crippen LogP contribution in [0, 0.1) is 17.3 Å². The monoisotopic (exact) mass is 253 g/mol. The van der Waals surface area contributed by atoms with Gasteiger partial charge in [-0.25, -0.2) is 0 Å². The van der Waals surface area contributed by atoms with Crippen molar-refractivity contribution in [1.82, 2.24) is 5.32 Å². The van der Waals surface area contributed by atoms with Gasteiger partial charge < -0.3 is 10.1 Å². The fraction of sp³-hybridized carbons (Fsp3) is 1.00. The molecule has 0 amide bonds. The maximum atomic E-state index is 5.66. The highest BCUT2D eigenvalue weighted by molar-refractivity contribution is 4.83. The Morgan fingerprint density at radius 1 is 1.00 bits per heavy atom. The van der Waals surface area contributed by atoms with E-state index in [4.69, 9.17) is 4.74 Å². The average molecular weight is 253 g/mol. The summed E-state index contributed by atoms with van der Waals surface area (Å²) in [6, 6.07) is 0.744. The highest BCUT2D eigenvalue weighted by atomic mass is 16.5. The van der Waals surface area contributed by atoms with Crippen LogP contribution >= 0.6 is 0 Å². The van der Waals surface area contributed by atoms with Gasteiger partial charge >= 0.3 is 0 Å². The molecule has 0 aromatic carbocycles. The third kappa shape index (κ3) is 4.89. The van der Waals surface area contributed by atoms with Crippen molar-refractivity contribution in [2.75, 3.05) is 19.8 Å². The Labute approximate surface area is 113 Å². The Hall–Kier alpha value is -0.0800. The number of rotatable bonds is 6. The molecule has 2 aliphatic rings. The number of hydrogen-bond donors (Lipinski definition) is 1. The molecule has 0 saturated heterocycles. The van der Waals surface area contributed by atoms with Gasteiger partial charge in [-0.05, 0) is 55.8 Å². The summed E-state index contributed by atoms with van der Waals surface area (Å²) in [6.45, 7) is 10.1. The lowest BCUT2D eigenvalue weighted by Gasteiger charge is -2.37. The van der Waals surface area contributed by atoms with Gasteiger partial charge in [0.25, 0.3) is 0 Å². The van der Waals surface area contributed by atoms with E-state index < -0.39 is 0 Å². The second-order valence-corrected chi connectivity index (χ2v) is 7.39. The molecule has 0 unspecified atom stereocenters. The lowest BCUT2D eigenvalue weighted by atomic mass is 9.71. The number of nitrogens with one attached hydrogen (secondary N) is 1. The first-order valence-electron chi connectivity index (χ1n) is 7.87. The van der Waals surface area contributed by atoms with E-state index in [0.29, 0.717) is 5.41 Å². The Morgan fingerprint density at radius 2 is 1.67 bits per heavy atom. The molecular weight excluding hydrogens is 222 g/mol. The minimum absolute atomic E-state index is 0.498. The van der Waals surface area contributed by atoms with Crippen molar-refractivity contribution >= 4 is 0 Å². The van der Waals surface area contributed by atoms with Crippen LogP contribution in [0.4, 0.5) is 0 Å². The summed E-state index contributed by atoms with van der Waals surface area (Å²) in [7, 11) is 0. The van der Waals surface area contributed by atoms with Crippen LogP contribution in [-0.2, 0) is 4.74 Å². The zero-order valence-corrected chi connectivity index (χ0v) is 12.5. The number of hydrogen-bond acceptors (Lipinski definition) is 2. The molecule has 0 atom stereocenters. The van der Waals surface area contributed by atoms with Crippen LogP contribution in [0.15, 0.2) is 0 Å². The fourth-order valence-corrected chi connectivity index (χ4v) is 3.03. The van der Waals surface area contributed by atoms with Gasteiger partial charge in [0.05, 0.1) is 6.61 Å².